The summed E-state index contributed by atoms with van der Waals surface area (Å²) in [5.74, 6) is -0.788. The molecule has 6 nitrogen and oxygen atoms in total. The Morgan fingerprint density at radius 3 is 2.07 bits per heavy atom. The lowest BCUT2D eigenvalue weighted by Gasteiger charge is -2.18. The number of carbonyl (C=O) groups is 1. The minimum absolute atomic E-state index is 0.0474. The fraction of sp³-hybridized carbons (Fsp3) is 0.300. The van der Waals surface area contributed by atoms with Gasteiger partial charge in [-0.1, -0.05) is 67.5 Å². The molecular weight excluding hydrogens is 398 g/mol. The summed E-state index contributed by atoms with van der Waals surface area (Å²) in [7, 11) is -2.98. The van der Waals surface area contributed by atoms with Gasteiger partial charge in [0, 0.05) is 4.90 Å². The van der Waals surface area contributed by atoms with Crippen molar-refractivity contribution in [2.75, 3.05) is 7.11 Å². The molecule has 0 aliphatic heterocycles. The first-order valence-corrected chi connectivity index (χ1v) is 10.7. The second-order valence-electron chi connectivity index (χ2n) is 7.11. The van der Waals surface area contributed by atoms with Gasteiger partial charge < -0.3 is 4.74 Å². The molecule has 0 N–H and O–H groups in total. The quantitative estimate of drug-likeness (QED) is 0.241. The van der Waals surface area contributed by atoms with Gasteiger partial charge in [-0.05, 0) is 42.2 Å². The summed E-state index contributed by atoms with van der Waals surface area (Å²) < 4.78 is 34.3. The minimum Gasteiger partial charge on any atom is -0.464 e. The highest BCUT2D eigenvalue weighted by Crippen LogP contribution is 2.25. The Kier molecular flexibility index (Phi) is 6.90. The highest BCUT2D eigenvalue weighted by molar-refractivity contribution is 8.15. The van der Waals surface area contributed by atoms with Crippen molar-refractivity contribution in [3.63, 3.8) is 0 Å². The largest absolute Gasteiger partial charge is 0.464 e. The number of esters is 1. The van der Waals surface area contributed by atoms with E-state index in [1.165, 1.54) is 19.2 Å². The normalized spacial score (nSPS) is 12.5. The van der Waals surface area contributed by atoms with Gasteiger partial charge in [0.1, 0.15) is 4.90 Å². The Hall–Kier alpha value is -2.32. The lowest BCUT2D eigenvalue weighted by Crippen LogP contribution is -2.14. The molecule has 0 amide bonds. The Morgan fingerprint density at radius 1 is 1.00 bits per heavy atom. The molecule has 0 atom stereocenters. The van der Waals surface area contributed by atoms with Gasteiger partial charge in [0.25, 0.3) is 0 Å². The van der Waals surface area contributed by atoms with E-state index in [0.29, 0.717) is 4.90 Å². The van der Waals surface area contributed by atoms with Crippen molar-refractivity contribution in [3.8, 4) is 0 Å². The lowest BCUT2D eigenvalue weighted by molar-refractivity contribution is -0.132. The third-order valence-corrected chi connectivity index (χ3v) is 5.89. The topological polar surface area (TPSA) is 82.0 Å². The maximum atomic E-state index is 12.4. The number of hydrogen-bond donors (Lipinski definition) is 0. The Labute approximate surface area is 170 Å². The first kappa shape index (κ1) is 22.0. The van der Waals surface area contributed by atoms with Crippen molar-refractivity contribution in [2.45, 2.75) is 42.9 Å². The average molecular weight is 422 g/mol. The Morgan fingerprint density at radius 2 is 1.57 bits per heavy atom. The number of rotatable bonds is 4. The van der Waals surface area contributed by atoms with Gasteiger partial charge >= 0.3 is 16.1 Å². The molecule has 2 aromatic carbocycles. The van der Waals surface area contributed by atoms with E-state index in [4.69, 9.17) is 4.28 Å². The highest BCUT2D eigenvalue weighted by Gasteiger charge is 2.21. The SMILES string of the molecule is COC(=O)/C(=N/OS(=O)(=O)c1ccc(C(C)(C)C)cc1)Sc1ccc(C)cc1. The zero-order chi connectivity index (χ0) is 20.9. The van der Waals surface area contributed by atoms with Crippen molar-refractivity contribution in [3.05, 3.63) is 59.7 Å². The summed E-state index contributed by atoms with van der Waals surface area (Å²) in [5.41, 5.74) is 1.93. The predicted molar refractivity (Wildman–Crippen MR) is 110 cm³/mol. The van der Waals surface area contributed by atoms with Crippen LogP contribution >= 0.6 is 11.8 Å². The molecule has 0 radical (unpaired) electrons. The molecule has 0 saturated carbocycles. The summed E-state index contributed by atoms with van der Waals surface area (Å²) in [4.78, 5) is 12.6. The third-order valence-electron chi connectivity index (χ3n) is 3.82. The number of carbonyl (C=O) groups excluding carboxylic acids is 1. The number of oxime groups is 1. The van der Waals surface area contributed by atoms with Crippen LogP contribution in [0.25, 0.3) is 0 Å². The maximum Gasteiger partial charge on any atom is 0.367 e. The van der Waals surface area contributed by atoms with Crippen molar-refractivity contribution in [2.24, 2.45) is 5.16 Å². The molecule has 8 heteroatoms. The molecule has 0 unspecified atom stereocenters. The van der Waals surface area contributed by atoms with E-state index in [2.05, 4.69) is 9.89 Å². The molecule has 2 rings (SSSR count). The maximum absolute atomic E-state index is 12.4. The van der Waals surface area contributed by atoms with Gasteiger partial charge in [-0.3, -0.25) is 4.28 Å². The van der Waals surface area contributed by atoms with Crippen molar-refractivity contribution >= 4 is 32.9 Å². The van der Waals surface area contributed by atoms with Crippen LogP contribution < -0.4 is 0 Å². The van der Waals surface area contributed by atoms with Crippen LogP contribution in [0, 0.1) is 6.92 Å². The molecule has 0 heterocycles. The molecule has 0 fully saturated rings. The van der Waals surface area contributed by atoms with Crippen molar-refractivity contribution in [1.82, 2.24) is 0 Å². The van der Waals surface area contributed by atoms with Crippen LogP contribution in [0.15, 0.2) is 63.5 Å². The molecule has 150 valence electrons. The van der Waals surface area contributed by atoms with E-state index in [-0.39, 0.29) is 15.4 Å². The smallest absolute Gasteiger partial charge is 0.367 e. The van der Waals surface area contributed by atoms with Crippen molar-refractivity contribution < 1.29 is 22.2 Å². The second kappa shape index (κ2) is 8.79. The monoisotopic (exact) mass is 421 g/mol. The molecule has 2 aromatic rings. The number of hydrogen-bond acceptors (Lipinski definition) is 7. The van der Waals surface area contributed by atoms with Crippen LogP contribution in [-0.4, -0.2) is 26.5 Å². The molecule has 0 aliphatic carbocycles. The summed E-state index contributed by atoms with van der Waals surface area (Å²) in [6, 6.07) is 13.7. The minimum atomic E-state index is -4.17. The molecule has 0 saturated heterocycles. The van der Waals surface area contributed by atoms with Gasteiger partial charge in [-0.25, -0.2) is 4.79 Å². The fourth-order valence-electron chi connectivity index (χ4n) is 2.15. The first-order chi connectivity index (χ1) is 13.0. The predicted octanol–water partition coefficient (Wildman–Crippen LogP) is 4.28. The zero-order valence-electron chi connectivity index (χ0n) is 16.4. The number of aryl methyl sites for hydroxylation is 1. The standard InChI is InChI=1S/C20H23NO5S2/c1-14-6-10-16(11-7-14)27-18(19(22)25-5)21-26-28(23,24)17-12-8-15(9-13-17)20(2,3)4/h6-13H,1-5H3/b21-18-. The molecule has 0 aliphatic rings. The zero-order valence-corrected chi connectivity index (χ0v) is 18.1. The van der Waals surface area contributed by atoms with Crippen LogP contribution in [0.5, 0.6) is 0 Å². The van der Waals surface area contributed by atoms with Gasteiger partial charge in [-0.2, -0.15) is 8.42 Å². The van der Waals surface area contributed by atoms with Crippen LogP contribution in [0.1, 0.15) is 31.9 Å². The molecule has 0 aromatic heterocycles. The molecular formula is C20H23NO5S2. The van der Waals surface area contributed by atoms with E-state index in [0.717, 1.165) is 22.9 Å². The van der Waals surface area contributed by atoms with E-state index in [9.17, 15) is 13.2 Å². The second-order valence-corrected chi connectivity index (χ2v) is 9.70. The summed E-state index contributed by atoms with van der Waals surface area (Å²) in [6.07, 6.45) is 0. The van der Waals surface area contributed by atoms with Crippen LogP contribution in [0.2, 0.25) is 0 Å². The van der Waals surface area contributed by atoms with Gasteiger partial charge in [-0.15, -0.1) is 0 Å². The van der Waals surface area contributed by atoms with Gasteiger partial charge in [0.15, 0.2) is 0 Å². The van der Waals surface area contributed by atoms with Crippen LogP contribution in [0.3, 0.4) is 0 Å². The van der Waals surface area contributed by atoms with E-state index in [1.807, 2.05) is 39.8 Å². The lowest BCUT2D eigenvalue weighted by atomic mass is 9.87. The molecule has 0 spiro atoms. The number of thioether (sulfide) groups is 1. The molecule has 0 bridgehead atoms. The third kappa shape index (κ3) is 5.84. The number of nitrogens with zero attached hydrogens (tertiary/aromatic N) is 1. The van der Waals surface area contributed by atoms with E-state index >= 15 is 0 Å². The van der Waals surface area contributed by atoms with Crippen LogP contribution in [-0.2, 0) is 29.3 Å². The van der Waals surface area contributed by atoms with E-state index < -0.39 is 16.1 Å². The average Bonchev–Trinajstić information content (AvgIpc) is 2.65. The first-order valence-electron chi connectivity index (χ1n) is 8.48. The number of ether oxygens (including phenoxy) is 1. The highest BCUT2D eigenvalue weighted by atomic mass is 32.2. The Balaban J connectivity index is 2.24. The van der Waals surface area contributed by atoms with Crippen molar-refractivity contribution in [1.29, 1.82) is 0 Å². The fourth-order valence-corrected chi connectivity index (χ4v) is 3.66. The van der Waals surface area contributed by atoms with Crippen LogP contribution in [0.4, 0.5) is 0 Å². The van der Waals surface area contributed by atoms with Gasteiger partial charge in [0.2, 0.25) is 5.04 Å². The van der Waals surface area contributed by atoms with Gasteiger partial charge in [0.05, 0.1) is 7.11 Å². The molecule has 28 heavy (non-hydrogen) atoms. The summed E-state index contributed by atoms with van der Waals surface area (Å²) >= 11 is 0.958. The summed E-state index contributed by atoms with van der Waals surface area (Å²) in [5, 5.41) is 3.33. The number of benzene rings is 2. The summed E-state index contributed by atoms with van der Waals surface area (Å²) in [6.45, 7) is 8.02. The Bertz CT molecular complexity index is 957. The van der Waals surface area contributed by atoms with E-state index in [1.54, 1.807) is 24.3 Å². The number of methoxy groups -OCH3 is 1.